The Labute approximate surface area is 115 Å². The predicted octanol–water partition coefficient (Wildman–Crippen LogP) is 6.40. The van der Waals surface area contributed by atoms with E-state index in [1.165, 1.54) is 64.2 Å². The Morgan fingerprint density at radius 2 is 1.61 bits per heavy atom. The van der Waals surface area contributed by atoms with Crippen molar-refractivity contribution in [1.29, 1.82) is 0 Å². The van der Waals surface area contributed by atoms with Gasteiger partial charge >= 0.3 is 0 Å². The lowest BCUT2D eigenvalue weighted by Crippen LogP contribution is -1.79. The molecule has 0 nitrogen and oxygen atoms in total. The molecule has 0 aromatic heterocycles. The van der Waals surface area contributed by atoms with Crippen LogP contribution in [0.5, 0.6) is 0 Å². The average molecular weight is 247 g/mol. The Kier molecular flexibility index (Phi) is 15.5. The molecule has 0 spiro atoms. The smallest absolute Gasteiger partial charge is 0.0279 e. The minimum Gasteiger partial charge on any atom is -0.0991 e. The van der Waals surface area contributed by atoms with Crippen molar-refractivity contribution in [3.05, 3.63) is 37.0 Å². The third-order valence-electron chi connectivity index (χ3n) is 3.06. The molecule has 0 heteroatoms. The van der Waals surface area contributed by atoms with Crippen molar-refractivity contribution in [3.8, 4) is 0 Å². The van der Waals surface area contributed by atoms with Crippen molar-refractivity contribution in [2.45, 2.75) is 77.6 Å². The number of hydrogen-bond donors (Lipinski definition) is 0. The zero-order valence-corrected chi connectivity index (χ0v) is 12.3. The topological polar surface area (TPSA) is 0 Å². The van der Waals surface area contributed by atoms with Crippen LogP contribution in [0, 0.1) is 6.08 Å². The van der Waals surface area contributed by atoms with Crippen LogP contribution >= 0.6 is 0 Å². The highest BCUT2D eigenvalue weighted by atomic mass is 14.0. The van der Waals surface area contributed by atoms with E-state index in [-0.39, 0.29) is 0 Å². The fourth-order valence-corrected chi connectivity index (χ4v) is 1.90. The van der Waals surface area contributed by atoms with Gasteiger partial charge in [0.1, 0.15) is 0 Å². The van der Waals surface area contributed by atoms with E-state index in [2.05, 4.69) is 31.7 Å². The molecule has 0 atom stereocenters. The molecule has 0 aliphatic heterocycles. The van der Waals surface area contributed by atoms with Crippen molar-refractivity contribution < 1.29 is 0 Å². The van der Waals surface area contributed by atoms with Crippen LogP contribution in [0.3, 0.4) is 0 Å². The molecular weight excluding hydrogens is 216 g/mol. The first-order chi connectivity index (χ1) is 8.91. The van der Waals surface area contributed by atoms with E-state index in [1.54, 1.807) is 0 Å². The molecule has 0 fully saturated rings. The van der Waals surface area contributed by atoms with E-state index in [4.69, 9.17) is 0 Å². The molecule has 18 heavy (non-hydrogen) atoms. The molecule has 0 amide bonds. The molecule has 0 saturated heterocycles. The van der Waals surface area contributed by atoms with Gasteiger partial charge in [-0.1, -0.05) is 76.3 Å². The van der Waals surface area contributed by atoms with Gasteiger partial charge in [-0.05, 0) is 38.2 Å². The van der Waals surface area contributed by atoms with Crippen molar-refractivity contribution in [2.75, 3.05) is 0 Å². The van der Waals surface area contributed by atoms with Gasteiger partial charge in [0.05, 0.1) is 0 Å². The second-order valence-corrected chi connectivity index (χ2v) is 4.87. The summed E-state index contributed by atoms with van der Waals surface area (Å²) in [7, 11) is 0. The maximum atomic E-state index is 3.66. The van der Waals surface area contributed by atoms with E-state index >= 15 is 0 Å². The molecule has 0 aliphatic carbocycles. The second kappa shape index (κ2) is 16.2. The molecule has 0 aliphatic rings. The van der Waals surface area contributed by atoms with Crippen molar-refractivity contribution >= 4 is 0 Å². The lowest BCUT2D eigenvalue weighted by Gasteiger charge is -1.99. The molecule has 0 rings (SSSR count). The van der Waals surface area contributed by atoms with Crippen LogP contribution in [-0.2, 0) is 0 Å². The highest BCUT2D eigenvalue weighted by molar-refractivity contribution is 4.96. The van der Waals surface area contributed by atoms with E-state index in [0.29, 0.717) is 0 Å². The first-order valence-corrected chi connectivity index (χ1v) is 7.74. The molecule has 0 saturated carbocycles. The van der Waals surface area contributed by atoms with Crippen molar-refractivity contribution in [1.82, 2.24) is 0 Å². The van der Waals surface area contributed by atoms with Gasteiger partial charge in [-0.2, -0.15) is 0 Å². The van der Waals surface area contributed by atoms with Crippen LogP contribution in [0.4, 0.5) is 0 Å². The fraction of sp³-hybridized carbons (Fsp3) is 0.667. The molecule has 0 bridgehead atoms. The third kappa shape index (κ3) is 15.2. The summed E-state index contributed by atoms with van der Waals surface area (Å²) in [5, 5.41) is 0. The summed E-state index contributed by atoms with van der Waals surface area (Å²) in [6, 6.07) is 0. The molecule has 0 aromatic rings. The number of unbranched alkanes of at least 4 members (excludes halogenated alkanes) is 9. The standard InChI is InChI=1S/C18H31/c1-3-5-7-9-11-13-15-17-18-16-14-12-10-8-6-4-2/h3,5,7,10H,1,4,6,8-9,11,13-18H2,2H3. The highest BCUT2D eigenvalue weighted by Crippen LogP contribution is 2.09. The van der Waals surface area contributed by atoms with Crippen LogP contribution in [0.25, 0.3) is 0 Å². The van der Waals surface area contributed by atoms with Gasteiger partial charge in [0.25, 0.3) is 0 Å². The van der Waals surface area contributed by atoms with Crippen molar-refractivity contribution in [2.24, 2.45) is 0 Å². The van der Waals surface area contributed by atoms with Gasteiger partial charge in [0, 0.05) is 0 Å². The molecule has 103 valence electrons. The molecule has 0 unspecified atom stereocenters. The van der Waals surface area contributed by atoms with E-state index < -0.39 is 0 Å². The Balaban J connectivity index is 3.05. The zero-order chi connectivity index (χ0) is 13.3. The Hall–Kier alpha value is -0.780. The predicted molar refractivity (Wildman–Crippen MR) is 83.6 cm³/mol. The zero-order valence-electron chi connectivity index (χ0n) is 12.3. The summed E-state index contributed by atoms with van der Waals surface area (Å²) >= 11 is 0. The monoisotopic (exact) mass is 247 g/mol. The molecule has 0 heterocycles. The number of rotatable bonds is 13. The van der Waals surface area contributed by atoms with Crippen LogP contribution in [0.15, 0.2) is 30.9 Å². The Bertz CT molecular complexity index is 210. The normalized spacial score (nSPS) is 11.6. The summed E-state index contributed by atoms with van der Waals surface area (Å²) < 4.78 is 0. The van der Waals surface area contributed by atoms with E-state index in [1.807, 2.05) is 12.2 Å². The lowest BCUT2D eigenvalue weighted by molar-refractivity contribution is 0.598. The maximum absolute atomic E-state index is 3.66. The first kappa shape index (κ1) is 17.2. The van der Waals surface area contributed by atoms with Gasteiger partial charge in [-0.3, -0.25) is 0 Å². The van der Waals surface area contributed by atoms with E-state index in [0.717, 1.165) is 6.42 Å². The summed E-state index contributed by atoms with van der Waals surface area (Å²) in [5.41, 5.74) is 0. The van der Waals surface area contributed by atoms with Crippen LogP contribution in [-0.4, -0.2) is 0 Å². The summed E-state index contributed by atoms with van der Waals surface area (Å²) in [6.07, 6.45) is 26.1. The van der Waals surface area contributed by atoms with Gasteiger partial charge < -0.3 is 0 Å². The first-order valence-electron chi connectivity index (χ1n) is 7.74. The largest absolute Gasteiger partial charge is 0.0991 e. The third-order valence-corrected chi connectivity index (χ3v) is 3.06. The van der Waals surface area contributed by atoms with Gasteiger partial charge in [-0.15, -0.1) is 0 Å². The molecule has 0 aromatic carbocycles. The van der Waals surface area contributed by atoms with E-state index in [9.17, 15) is 0 Å². The van der Waals surface area contributed by atoms with Gasteiger partial charge in [0.15, 0.2) is 0 Å². The number of allylic oxidation sites excluding steroid dienone is 5. The quantitative estimate of drug-likeness (QED) is 0.261. The fourth-order valence-electron chi connectivity index (χ4n) is 1.90. The SMILES string of the molecule is C=CC=CCCCCCCCC/[C]=C/CCCC. The number of hydrogen-bond acceptors (Lipinski definition) is 0. The molecule has 0 N–H and O–H groups in total. The summed E-state index contributed by atoms with van der Waals surface area (Å²) in [6.45, 7) is 5.90. The minimum atomic E-state index is 1.16. The van der Waals surface area contributed by atoms with Gasteiger partial charge in [0.2, 0.25) is 0 Å². The molecule has 1 radical (unpaired) electrons. The Morgan fingerprint density at radius 3 is 2.33 bits per heavy atom. The average Bonchev–Trinajstić information content (AvgIpc) is 2.39. The van der Waals surface area contributed by atoms with Gasteiger partial charge in [-0.25, -0.2) is 0 Å². The van der Waals surface area contributed by atoms with Crippen LogP contribution in [0.2, 0.25) is 0 Å². The summed E-state index contributed by atoms with van der Waals surface area (Å²) in [4.78, 5) is 0. The Morgan fingerprint density at radius 1 is 0.889 bits per heavy atom. The molecular formula is C18H31. The summed E-state index contributed by atoms with van der Waals surface area (Å²) in [5.74, 6) is 0. The second-order valence-electron chi connectivity index (χ2n) is 4.87. The van der Waals surface area contributed by atoms with Crippen LogP contribution in [0.1, 0.15) is 77.6 Å². The minimum absolute atomic E-state index is 1.16. The van der Waals surface area contributed by atoms with Crippen molar-refractivity contribution in [3.63, 3.8) is 0 Å². The highest BCUT2D eigenvalue weighted by Gasteiger charge is 1.90. The lowest BCUT2D eigenvalue weighted by atomic mass is 10.1. The van der Waals surface area contributed by atoms with Crippen LogP contribution < -0.4 is 0 Å². The maximum Gasteiger partial charge on any atom is -0.0279 e.